The predicted octanol–water partition coefficient (Wildman–Crippen LogP) is 3.20. The van der Waals surface area contributed by atoms with Crippen molar-refractivity contribution < 1.29 is 9.13 Å². The van der Waals surface area contributed by atoms with Gasteiger partial charge in [0.2, 0.25) is 0 Å². The molecule has 4 nitrogen and oxygen atoms in total. The average Bonchev–Trinajstić information content (AvgIpc) is 2.41. The SMILES string of the molecule is O=c1c(Br)cc(COC2CCC2)cn1-c1ncccc1F. The van der Waals surface area contributed by atoms with Gasteiger partial charge >= 0.3 is 0 Å². The molecule has 2 aromatic heterocycles. The largest absolute Gasteiger partial charge is 0.373 e. The van der Waals surface area contributed by atoms with Gasteiger partial charge in [-0.15, -0.1) is 0 Å². The molecule has 0 saturated heterocycles. The molecule has 110 valence electrons. The minimum atomic E-state index is -0.538. The summed E-state index contributed by atoms with van der Waals surface area (Å²) in [7, 11) is 0. The van der Waals surface area contributed by atoms with E-state index >= 15 is 0 Å². The average molecular weight is 353 g/mol. The molecule has 21 heavy (non-hydrogen) atoms. The first-order valence-electron chi connectivity index (χ1n) is 6.79. The second kappa shape index (κ2) is 6.07. The maximum atomic E-state index is 13.8. The molecule has 0 amide bonds. The first-order chi connectivity index (χ1) is 10.1. The van der Waals surface area contributed by atoms with Crippen LogP contribution in [0.5, 0.6) is 0 Å². The third-order valence-electron chi connectivity index (χ3n) is 3.54. The highest BCUT2D eigenvalue weighted by atomic mass is 79.9. The van der Waals surface area contributed by atoms with Gasteiger partial charge in [-0.1, -0.05) is 0 Å². The molecular weight excluding hydrogens is 339 g/mol. The smallest absolute Gasteiger partial charge is 0.270 e. The van der Waals surface area contributed by atoms with Crippen molar-refractivity contribution in [1.82, 2.24) is 9.55 Å². The quantitative estimate of drug-likeness (QED) is 0.848. The molecule has 0 spiro atoms. The highest BCUT2D eigenvalue weighted by Crippen LogP contribution is 2.23. The fraction of sp³-hybridized carbons (Fsp3) is 0.333. The Labute approximate surface area is 129 Å². The number of hydrogen-bond acceptors (Lipinski definition) is 3. The summed E-state index contributed by atoms with van der Waals surface area (Å²) in [6.45, 7) is 0.401. The lowest BCUT2D eigenvalue weighted by atomic mass is 9.96. The molecule has 1 fully saturated rings. The fourth-order valence-electron chi connectivity index (χ4n) is 2.14. The minimum Gasteiger partial charge on any atom is -0.373 e. The maximum Gasteiger partial charge on any atom is 0.270 e. The van der Waals surface area contributed by atoms with Crippen molar-refractivity contribution in [3.8, 4) is 5.82 Å². The molecule has 0 aliphatic heterocycles. The monoisotopic (exact) mass is 352 g/mol. The van der Waals surface area contributed by atoms with E-state index in [-0.39, 0.29) is 11.4 Å². The summed E-state index contributed by atoms with van der Waals surface area (Å²) in [4.78, 5) is 16.1. The standard InChI is InChI=1S/C15H14BrFN2O2/c16-12-7-10(9-21-11-3-1-4-11)8-19(15(12)20)14-13(17)5-2-6-18-14/h2,5-8,11H,1,3-4,9H2. The van der Waals surface area contributed by atoms with Gasteiger partial charge in [-0.3, -0.25) is 9.36 Å². The van der Waals surface area contributed by atoms with Gasteiger partial charge in [0.05, 0.1) is 17.2 Å². The van der Waals surface area contributed by atoms with Gasteiger partial charge in [-0.05, 0) is 59.0 Å². The number of ether oxygens (including phenoxy) is 1. The second-order valence-corrected chi connectivity index (χ2v) is 5.90. The topological polar surface area (TPSA) is 44.1 Å². The lowest BCUT2D eigenvalue weighted by molar-refractivity contribution is -0.00885. The van der Waals surface area contributed by atoms with Crippen molar-refractivity contribution in [3.05, 3.63) is 56.8 Å². The Balaban J connectivity index is 1.93. The summed E-state index contributed by atoms with van der Waals surface area (Å²) in [6.07, 6.45) is 6.70. The number of hydrogen-bond donors (Lipinski definition) is 0. The van der Waals surface area contributed by atoms with Crippen molar-refractivity contribution >= 4 is 15.9 Å². The number of nitrogens with zero attached hydrogens (tertiary/aromatic N) is 2. The van der Waals surface area contributed by atoms with E-state index < -0.39 is 5.82 Å². The molecule has 0 aromatic carbocycles. The van der Waals surface area contributed by atoms with E-state index in [0.717, 1.165) is 18.4 Å². The molecule has 0 radical (unpaired) electrons. The summed E-state index contributed by atoms with van der Waals surface area (Å²) in [6, 6.07) is 4.47. The zero-order chi connectivity index (χ0) is 14.8. The van der Waals surface area contributed by atoms with Gasteiger partial charge in [0.25, 0.3) is 5.56 Å². The van der Waals surface area contributed by atoms with Gasteiger partial charge in [0.1, 0.15) is 0 Å². The van der Waals surface area contributed by atoms with Crippen LogP contribution in [0.3, 0.4) is 0 Å². The van der Waals surface area contributed by atoms with E-state index in [1.165, 1.54) is 29.3 Å². The van der Waals surface area contributed by atoms with Gasteiger partial charge in [-0.25, -0.2) is 9.37 Å². The van der Waals surface area contributed by atoms with Crippen molar-refractivity contribution in [2.45, 2.75) is 32.0 Å². The minimum absolute atomic E-state index is 0.00584. The summed E-state index contributed by atoms with van der Waals surface area (Å²) in [5.74, 6) is -0.544. The van der Waals surface area contributed by atoms with Crippen LogP contribution in [0.2, 0.25) is 0 Å². The Morgan fingerprint density at radius 2 is 2.29 bits per heavy atom. The number of pyridine rings is 2. The van der Waals surface area contributed by atoms with E-state index in [4.69, 9.17) is 4.74 Å². The summed E-state index contributed by atoms with van der Waals surface area (Å²) >= 11 is 3.22. The molecule has 1 aliphatic carbocycles. The molecule has 1 saturated carbocycles. The summed E-state index contributed by atoms with van der Waals surface area (Å²) in [5.41, 5.74) is 0.457. The molecule has 0 atom stereocenters. The molecule has 2 heterocycles. The summed E-state index contributed by atoms with van der Waals surface area (Å²) in [5, 5.41) is 0. The predicted molar refractivity (Wildman–Crippen MR) is 79.9 cm³/mol. The molecule has 2 aromatic rings. The Morgan fingerprint density at radius 3 is 2.95 bits per heavy atom. The molecule has 0 bridgehead atoms. The number of halogens is 2. The molecule has 1 aliphatic rings. The van der Waals surface area contributed by atoms with Crippen molar-refractivity contribution in [1.29, 1.82) is 0 Å². The molecule has 0 N–H and O–H groups in total. The maximum absolute atomic E-state index is 13.8. The molecule has 0 unspecified atom stereocenters. The van der Waals surface area contributed by atoms with Crippen molar-refractivity contribution in [3.63, 3.8) is 0 Å². The van der Waals surface area contributed by atoms with Crippen LogP contribution in [0.15, 0.2) is 39.9 Å². The number of rotatable bonds is 4. The van der Waals surface area contributed by atoms with E-state index in [0.29, 0.717) is 17.2 Å². The van der Waals surface area contributed by atoms with E-state index in [1.807, 2.05) is 0 Å². The van der Waals surface area contributed by atoms with E-state index in [9.17, 15) is 9.18 Å². The highest BCUT2D eigenvalue weighted by Gasteiger charge is 2.18. The van der Waals surface area contributed by atoms with Crippen molar-refractivity contribution in [2.24, 2.45) is 0 Å². The van der Waals surface area contributed by atoms with Crippen LogP contribution in [0, 0.1) is 5.82 Å². The number of aromatic nitrogens is 2. The fourth-order valence-corrected chi connectivity index (χ4v) is 2.63. The van der Waals surface area contributed by atoms with Crippen molar-refractivity contribution in [2.75, 3.05) is 0 Å². The second-order valence-electron chi connectivity index (χ2n) is 5.04. The zero-order valence-corrected chi connectivity index (χ0v) is 12.8. The van der Waals surface area contributed by atoms with E-state index in [1.54, 1.807) is 12.3 Å². The first kappa shape index (κ1) is 14.4. The molecule has 6 heteroatoms. The lowest BCUT2D eigenvalue weighted by Gasteiger charge is -2.25. The van der Waals surface area contributed by atoms with Crippen LogP contribution in [0.4, 0.5) is 4.39 Å². The summed E-state index contributed by atoms with van der Waals surface area (Å²) < 4.78 is 21.1. The third-order valence-corrected chi connectivity index (χ3v) is 4.10. The first-order valence-corrected chi connectivity index (χ1v) is 7.58. The Bertz CT molecular complexity index is 713. The van der Waals surface area contributed by atoms with E-state index in [2.05, 4.69) is 20.9 Å². The van der Waals surface area contributed by atoms with Gasteiger partial charge in [0, 0.05) is 12.4 Å². The van der Waals surface area contributed by atoms with Crippen LogP contribution in [-0.4, -0.2) is 15.7 Å². The molecule has 3 rings (SSSR count). The van der Waals surface area contributed by atoms with Gasteiger partial charge in [-0.2, -0.15) is 0 Å². The van der Waals surface area contributed by atoms with Crippen LogP contribution < -0.4 is 5.56 Å². The normalized spacial score (nSPS) is 15.0. The zero-order valence-electron chi connectivity index (χ0n) is 11.3. The van der Waals surface area contributed by atoms with Crippen LogP contribution in [-0.2, 0) is 11.3 Å². The third kappa shape index (κ3) is 3.06. The Morgan fingerprint density at radius 1 is 1.48 bits per heavy atom. The highest BCUT2D eigenvalue weighted by molar-refractivity contribution is 9.10. The Kier molecular flexibility index (Phi) is 4.17. The Hall–Kier alpha value is -1.53. The van der Waals surface area contributed by atoms with Gasteiger partial charge < -0.3 is 4.74 Å². The van der Waals surface area contributed by atoms with Crippen LogP contribution >= 0.6 is 15.9 Å². The van der Waals surface area contributed by atoms with Crippen LogP contribution in [0.1, 0.15) is 24.8 Å². The lowest BCUT2D eigenvalue weighted by Crippen LogP contribution is -2.23. The van der Waals surface area contributed by atoms with Gasteiger partial charge in [0.15, 0.2) is 11.6 Å². The van der Waals surface area contributed by atoms with Crippen LogP contribution in [0.25, 0.3) is 5.82 Å². The molecular formula is C15H14BrFN2O2.